The van der Waals surface area contributed by atoms with Crippen LogP contribution < -0.4 is 16.0 Å². The summed E-state index contributed by atoms with van der Waals surface area (Å²) in [6.45, 7) is 13.4. The standard InChI is InChI=1S/C26H44N4O3.2ClH/c1-19(2)16-27-17-22(31)21(15-20-11-7-6-8-12-20)28-25(33)24(26(3,4)5)29-23(32)18-30-13-9-10-14-30;;/h6-8,11-12,19,21-22,24,27,31H,9-10,13-18H2,1-5H3,(H,28,33)(H,29,32);2*1H/t21-,22+,24+;;/m0../s1. The molecule has 1 aromatic carbocycles. The number of aliphatic hydroxyl groups is 1. The third-order valence-corrected chi connectivity index (χ3v) is 6.00. The Morgan fingerprint density at radius 2 is 1.60 bits per heavy atom. The van der Waals surface area contributed by atoms with Gasteiger partial charge in [-0.25, -0.2) is 0 Å². The fraction of sp³-hybridized carbons (Fsp3) is 0.692. The first-order valence-electron chi connectivity index (χ1n) is 12.3. The number of likely N-dealkylation sites (tertiary alicyclic amines) is 1. The first-order chi connectivity index (χ1) is 15.6. The average molecular weight is 534 g/mol. The molecule has 1 aromatic rings. The maximum atomic E-state index is 13.4. The van der Waals surface area contributed by atoms with Crippen LogP contribution in [0.1, 0.15) is 53.0 Å². The van der Waals surface area contributed by atoms with E-state index in [0.29, 0.717) is 25.4 Å². The predicted octanol–water partition coefficient (Wildman–Crippen LogP) is 2.79. The molecule has 1 aliphatic heterocycles. The quantitative estimate of drug-likeness (QED) is 0.332. The molecule has 3 atom stereocenters. The summed E-state index contributed by atoms with van der Waals surface area (Å²) in [5.41, 5.74) is 0.569. The van der Waals surface area contributed by atoms with Gasteiger partial charge in [0.25, 0.3) is 0 Å². The molecule has 0 unspecified atom stereocenters. The summed E-state index contributed by atoms with van der Waals surface area (Å²) < 4.78 is 0. The molecule has 0 radical (unpaired) electrons. The van der Waals surface area contributed by atoms with E-state index in [9.17, 15) is 14.7 Å². The zero-order valence-electron chi connectivity index (χ0n) is 21.9. The second kappa shape index (κ2) is 16.4. The number of nitrogens with one attached hydrogen (secondary N) is 3. The molecular weight excluding hydrogens is 487 g/mol. The molecule has 1 fully saturated rings. The van der Waals surface area contributed by atoms with Crippen molar-refractivity contribution in [3.8, 4) is 0 Å². The molecule has 9 heteroatoms. The van der Waals surface area contributed by atoms with E-state index in [1.165, 1.54) is 0 Å². The lowest BCUT2D eigenvalue weighted by atomic mass is 9.85. The molecule has 7 nitrogen and oxygen atoms in total. The monoisotopic (exact) mass is 532 g/mol. The van der Waals surface area contributed by atoms with Crippen LogP contribution in [0.4, 0.5) is 0 Å². The molecule has 2 amide bonds. The Labute approximate surface area is 224 Å². The second-order valence-electron chi connectivity index (χ2n) is 10.8. The van der Waals surface area contributed by atoms with Gasteiger partial charge in [0.15, 0.2) is 0 Å². The van der Waals surface area contributed by atoms with E-state index in [-0.39, 0.29) is 36.6 Å². The highest BCUT2D eigenvalue weighted by Gasteiger charge is 2.35. The summed E-state index contributed by atoms with van der Waals surface area (Å²) in [7, 11) is 0. The van der Waals surface area contributed by atoms with Gasteiger partial charge in [-0.3, -0.25) is 14.5 Å². The van der Waals surface area contributed by atoms with Gasteiger partial charge < -0.3 is 21.1 Å². The van der Waals surface area contributed by atoms with Gasteiger partial charge in [-0.1, -0.05) is 65.0 Å². The molecule has 0 aliphatic carbocycles. The number of carbonyl (C=O) groups is 2. The number of hydrogen-bond acceptors (Lipinski definition) is 5. The van der Waals surface area contributed by atoms with Gasteiger partial charge in [-0.15, -0.1) is 24.8 Å². The van der Waals surface area contributed by atoms with E-state index in [1.54, 1.807) is 0 Å². The smallest absolute Gasteiger partial charge is 0.243 e. The molecule has 1 saturated heterocycles. The van der Waals surface area contributed by atoms with Crippen LogP contribution in [0, 0.1) is 11.3 Å². The Bertz CT molecular complexity index is 738. The van der Waals surface area contributed by atoms with Gasteiger partial charge in [-0.2, -0.15) is 0 Å². The first-order valence-corrected chi connectivity index (χ1v) is 12.3. The molecule has 2 rings (SSSR count). The summed E-state index contributed by atoms with van der Waals surface area (Å²) in [5, 5.41) is 20.2. The first kappa shape index (κ1) is 33.6. The van der Waals surface area contributed by atoms with E-state index in [4.69, 9.17) is 0 Å². The van der Waals surface area contributed by atoms with Gasteiger partial charge in [-0.05, 0) is 55.8 Å². The summed E-state index contributed by atoms with van der Waals surface area (Å²) in [6.07, 6.45) is 1.98. The van der Waals surface area contributed by atoms with E-state index < -0.39 is 23.6 Å². The normalized spacial score (nSPS) is 16.5. The second-order valence-corrected chi connectivity index (χ2v) is 10.8. The molecule has 0 spiro atoms. The molecule has 1 heterocycles. The number of hydrogen-bond donors (Lipinski definition) is 4. The van der Waals surface area contributed by atoms with Crippen molar-refractivity contribution in [1.82, 2.24) is 20.9 Å². The summed E-state index contributed by atoms with van der Waals surface area (Å²) in [4.78, 5) is 28.2. The van der Waals surface area contributed by atoms with Crippen molar-refractivity contribution in [1.29, 1.82) is 0 Å². The fourth-order valence-electron chi connectivity index (χ4n) is 4.11. The van der Waals surface area contributed by atoms with E-state index in [2.05, 4.69) is 34.7 Å². The van der Waals surface area contributed by atoms with Crippen LogP contribution in [-0.2, 0) is 16.0 Å². The van der Waals surface area contributed by atoms with E-state index in [1.807, 2.05) is 51.1 Å². The molecular formula is C26H46Cl2N4O3. The lowest BCUT2D eigenvalue weighted by Crippen LogP contribution is -2.59. The van der Waals surface area contributed by atoms with Crippen LogP contribution in [0.3, 0.4) is 0 Å². The number of benzene rings is 1. The highest BCUT2D eigenvalue weighted by atomic mass is 35.5. The Hall–Kier alpha value is -1.38. The summed E-state index contributed by atoms with van der Waals surface area (Å²) >= 11 is 0. The third-order valence-electron chi connectivity index (χ3n) is 6.00. The summed E-state index contributed by atoms with van der Waals surface area (Å²) in [6, 6.07) is 8.67. The highest BCUT2D eigenvalue weighted by molar-refractivity contribution is 5.89. The minimum Gasteiger partial charge on any atom is -0.390 e. The van der Waals surface area contributed by atoms with Crippen molar-refractivity contribution in [2.75, 3.05) is 32.7 Å². The van der Waals surface area contributed by atoms with E-state index >= 15 is 0 Å². The van der Waals surface area contributed by atoms with Crippen LogP contribution >= 0.6 is 24.8 Å². The maximum Gasteiger partial charge on any atom is 0.243 e. The van der Waals surface area contributed by atoms with Crippen molar-refractivity contribution in [2.24, 2.45) is 11.3 Å². The van der Waals surface area contributed by atoms with Crippen LogP contribution in [0.2, 0.25) is 0 Å². The Kier molecular flexibility index (Phi) is 15.7. The number of halogens is 2. The van der Waals surface area contributed by atoms with Gasteiger partial charge in [0.1, 0.15) is 6.04 Å². The van der Waals surface area contributed by atoms with Crippen molar-refractivity contribution in [3.63, 3.8) is 0 Å². The molecule has 35 heavy (non-hydrogen) atoms. The lowest BCUT2D eigenvalue weighted by molar-refractivity contribution is -0.133. The zero-order valence-corrected chi connectivity index (χ0v) is 23.5. The average Bonchev–Trinajstić information content (AvgIpc) is 3.24. The number of amides is 2. The third kappa shape index (κ3) is 12.4. The molecule has 0 aromatic heterocycles. The lowest BCUT2D eigenvalue weighted by Gasteiger charge is -2.33. The van der Waals surface area contributed by atoms with Gasteiger partial charge in [0.2, 0.25) is 11.8 Å². The molecule has 4 N–H and O–H groups in total. The molecule has 202 valence electrons. The van der Waals surface area contributed by atoms with E-state index in [0.717, 1.165) is 38.0 Å². The van der Waals surface area contributed by atoms with Crippen molar-refractivity contribution >= 4 is 36.6 Å². The van der Waals surface area contributed by atoms with Gasteiger partial charge in [0.05, 0.1) is 18.7 Å². The molecule has 0 saturated carbocycles. The number of nitrogens with zero attached hydrogens (tertiary/aromatic N) is 1. The minimum absolute atomic E-state index is 0. The Balaban J connectivity index is 0.00000578. The SMILES string of the molecule is CC(C)CNC[C@@H](O)[C@H](Cc1ccccc1)NC(=O)[C@@H](NC(=O)CN1CCCC1)C(C)(C)C.Cl.Cl. The highest BCUT2D eigenvalue weighted by Crippen LogP contribution is 2.20. The van der Waals surface area contributed by atoms with Gasteiger partial charge in [0, 0.05) is 6.54 Å². The van der Waals surface area contributed by atoms with Crippen LogP contribution in [0.25, 0.3) is 0 Å². The molecule has 0 bridgehead atoms. The Morgan fingerprint density at radius 3 is 2.14 bits per heavy atom. The minimum atomic E-state index is -0.756. The van der Waals surface area contributed by atoms with Crippen molar-refractivity contribution < 1.29 is 14.7 Å². The number of carbonyl (C=O) groups excluding carboxylic acids is 2. The number of aliphatic hydroxyl groups excluding tert-OH is 1. The fourth-order valence-corrected chi connectivity index (χ4v) is 4.11. The zero-order chi connectivity index (χ0) is 24.4. The largest absolute Gasteiger partial charge is 0.390 e. The Morgan fingerprint density at radius 1 is 1.00 bits per heavy atom. The van der Waals surface area contributed by atoms with Crippen molar-refractivity contribution in [2.45, 2.75) is 72.1 Å². The summed E-state index contributed by atoms with van der Waals surface area (Å²) in [5.74, 6) is 0.0716. The predicted molar refractivity (Wildman–Crippen MR) is 147 cm³/mol. The number of rotatable bonds is 12. The van der Waals surface area contributed by atoms with Crippen LogP contribution in [0.15, 0.2) is 30.3 Å². The molecule has 1 aliphatic rings. The van der Waals surface area contributed by atoms with Crippen molar-refractivity contribution in [3.05, 3.63) is 35.9 Å². The topological polar surface area (TPSA) is 93.7 Å². The van der Waals surface area contributed by atoms with Crippen LogP contribution in [0.5, 0.6) is 0 Å². The maximum absolute atomic E-state index is 13.4. The van der Waals surface area contributed by atoms with Gasteiger partial charge >= 0.3 is 0 Å². The van der Waals surface area contributed by atoms with Crippen LogP contribution in [-0.4, -0.2) is 72.7 Å².